The fourth-order valence-electron chi connectivity index (χ4n) is 4.80. The maximum absolute atomic E-state index is 2.52. The lowest BCUT2D eigenvalue weighted by molar-refractivity contribution is 0.334. The normalized spacial score (nSPS) is 19.1. The van der Waals surface area contributed by atoms with Gasteiger partial charge in [-0.3, -0.25) is 0 Å². The van der Waals surface area contributed by atoms with E-state index in [1.165, 1.54) is 34.6 Å². The van der Waals surface area contributed by atoms with E-state index in [1.807, 2.05) is 0 Å². The van der Waals surface area contributed by atoms with Gasteiger partial charge >= 0.3 is 0 Å². The number of hydrogen-bond donors (Lipinski definition) is 0. The van der Waals surface area contributed by atoms with Crippen LogP contribution in [0.15, 0.2) is 36.4 Å². The van der Waals surface area contributed by atoms with Crippen molar-refractivity contribution in [3.05, 3.63) is 47.5 Å². The first-order chi connectivity index (χ1) is 11.2. The van der Waals surface area contributed by atoms with Crippen LogP contribution in [-0.4, -0.2) is 4.57 Å². The molecular weight excluding hydrogens is 290 g/mol. The summed E-state index contributed by atoms with van der Waals surface area (Å²) in [7, 11) is 0. The lowest BCUT2D eigenvalue weighted by atomic mass is 9.62. The molecule has 3 aromatic rings. The van der Waals surface area contributed by atoms with E-state index in [9.17, 15) is 0 Å². The summed E-state index contributed by atoms with van der Waals surface area (Å²) < 4.78 is 2.52. The summed E-state index contributed by atoms with van der Waals surface area (Å²) in [6.07, 6.45) is 2.52. The molecule has 0 atom stereocenters. The Morgan fingerprint density at radius 1 is 0.833 bits per heavy atom. The maximum atomic E-state index is 2.52. The zero-order chi connectivity index (χ0) is 17.3. The van der Waals surface area contributed by atoms with Crippen molar-refractivity contribution in [2.75, 3.05) is 0 Å². The molecule has 1 nitrogen and oxygen atoms in total. The highest BCUT2D eigenvalue weighted by molar-refractivity contribution is 6.10. The van der Waals surface area contributed by atoms with Crippen LogP contribution in [0.3, 0.4) is 0 Å². The summed E-state index contributed by atoms with van der Waals surface area (Å²) in [4.78, 5) is 0. The summed E-state index contributed by atoms with van der Waals surface area (Å²) in [5, 5.41) is 2.92. The van der Waals surface area contributed by atoms with Gasteiger partial charge in [-0.05, 0) is 60.8 Å². The third kappa shape index (κ3) is 2.00. The van der Waals surface area contributed by atoms with E-state index in [0.717, 1.165) is 0 Å². The lowest BCUT2D eigenvalue weighted by Crippen LogP contribution is -2.34. The molecule has 1 aliphatic carbocycles. The largest absolute Gasteiger partial charge is 0.338 e. The van der Waals surface area contributed by atoms with Crippen LogP contribution < -0.4 is 0 Å². The summed E-state index contributed by atoms with van der Waals surface area (Å²) >= 11 is 0. The molecule has 0 N–H and O–H groups in total. The van der Waals surface area contributed by atoms with Crippen LogP contribution in [0.2, 0.25) is 0 Å². The minimum Gasteiger partial charge on any atom is -0.338 e. The first-order valence-corrected chi connectivity index (χ1v) is 9.31. The summed E-state index contributed by atoms with van der Waals surface area (Å²) in [5.41, 5.74) is 6.41. The van der Waals surface area contributed by atoms with Gasteiger partial charge in [-0.1, -0.05) is 52.0 Å². The second-order valence-corrected chi connectivity index (χ2v) is 9.13. The minimum absolute atomic E-state index is 0.232. The molecule has 0 radical (unpaired) electrons. The number of nitrogens with zero attached hydrogens (tertiary/aromatic N) is 1. The fraction of sp³-hybridized carbons (Fsp3) is 0.478. The molecule has 1 heterocycles. The van der Waals surface area contributed by atoms with E-state index in [0.29, 0.717) is 6.04 Å². The molecule has 0 saturated carbocycles. The van der Waals surface area contributed by atoms with Gasteiger partial charge in [0.15, 0.2) is 0 Å². The van der Waals surface area contributed by atoms with Crippen LogP contribution in [0.5, 0.6) is 0 Å². The highest BCUT2D eigenvalue weighted by Crippen LogP contribution is 2.50. The number of para-hydroxylation sites is 1. The SMILES string of the molecule is CC(C)n1c2ccccc2c2c3c(ccc21)C(C)(C)CCC3(C)C. The van der Waals surface area contributed by atoms with Crippen molar-refractivity contribution in [3.63, 3.8) is 0 Å². The molecule has 0 spiro atoms. The Balaban J connectivity index is 2.26. The van der Waals surface area contributed by atoms with E-state index in [4.69, 9.17) is 0 Å². The molecule has 24 heavy (non-hydrogen) atoms. The Morgan fingerprint density at radius 2 is 1.50 bits per heavy atom. The predicted octanol–water partition coefficient (Wildman–Crippen LogP) is 6.72. The van der Waals surface area contributed by atoms with Crippen molar-refractivity contribution in [2.24, 2.45) is 0 Å². The predicted molar refractivity (Wildman–Crippen MR) is 105 cm³/mol. The summed E-state index contributed by atoms with van der Waals surface area (Å²) in [5.74, 6) is 0. The smallest absolute Gasteiger partial charge is 0.0497 e. The van der Waals surface area contributed by atoms with Crippen LogP contribution >= 0.6 is 0 Å². The molecular formula is C23H29N. The van der Waals surface area contributed by atoms with Crippen molar-refractivity contribution >= 4 is 21.8 Å². The standard InChI is InChI=1S/C23H29N/c1-15(2)24-18-10-8-7-9-16(18)20-19(24)12-11-17-21(20)23(5,6)14-13-22(17,3)4/h7-12,15H,13-14H2,1-6H3. The van der Waals surface area contributed by atoms with E-state index in [1.54, 1.807) is 11.1 Å². The Hall–Kier alpha value is -1.76. The molecule has 1 aliphatic rings. The number of fused-ring (bicyclic) bond motifs is 5. The quantitative estimate of drug-likeness (QED) is 0.469. The van der Waals surface area contributed by atoms with Gasteiger partial charge in [-0.2, -0.15) is 0 Å². The zero-order valence-corrected chi connectivity index (χ0v) is 15.9. The van der Waals surface area contributed by atoms with Crippen LogP contribution in [-0.2, 0) is 10.8 Å². The third-order valence-corrected chi connectivity index (χ3v) is 6.17. The molecule has 0 aliphatic heterocycles. The van der Waals surface area contributed by atoms with E-state index < -0.39 is 0 Å². The monoisotopic (exact) mass is 319 g/mol. The number of benzene rings is 2. The van der Waals surface area contributed by atoms with Gasteiger partial charge in [0.2, 0.25) is 0 Å². The van der Waals surface area contributed by atoms with Crippen molar-refractivity contribution in [2.45, 2.75) is 71.3 Å². The van der Waals surface area contributed by atoms with E-state index in [-0.39, 0.29) is 10.8 Å². The first kappa shape index (κ1) is 15.7. The highest BCUT2D eigenvalue weighted by Gasteiger charge is 2.39. The molecule has 126 valence electrons. The average Bonchev–Trinajstić information content (AvgIpc) is 2.86. The Labute approximate surface area is 145 Å². The molecule has 1 aromatic heterocycles. The molecule has 4 rings (SSSR count). The molecule has 0 bridgehead atoms. The van der Waals surface area contributed by atoms with E-state index >= 15 is 0 Å². The molecule has 1 heteroatoms. The number of rotatable bonds is 1. The highest BCUT2D eigenvalue weighted by atomic mass is 15.0. The Kier molecular flexibility index (Phi) is 3.20. The second-order valence-electron chi connectivity index (χ2n) is 9.13. The lowest BCUT2D eigenvalue weighted by Gasteiger charge is -2.42. The van der Waals surface area contributed by atoms with Crippen LogP contribution in [0.1, 0.15) is 71.6 Å². The zero-order valence-electron chi connectivity index (χ0n) is 15.9. The van der Waals surface area contributed by atoms with Gasteiger partial charge in [-0.15, -0.1) is 0 Å². The molecule has 2 aromatic carbocycles. The van der Waals surface area contributed by atoms with E-state index in [2.05, 4.69) is 82.5 Å². The first-order valence-electron chi connectivity index (χ1n) is 9.31. The van der Waals surface area contributed by atoms with Crippen molar-refractivity contribution in [1.29, 1.82) is 0 Å². The summed E-state index contributed by atoms with van der Waals surface area (Å²) in [6.45, 7) is 14.3. The topological polar surface area (TPSA) is 4.93 Å². The third-order valence-electron chi connectivity index (χ3n) is 6.17. The van der Waals surface area contributed by atoms with Crippen molar-refractivity contribution < 1.29 is 0 Å². The molecule has 0 amide bonds. The van der Waals surface area contributed by atoms with Crippen LogP contribution in [0.4, 0.5) is 0 Å². The van der Waals surface area contributed by atoms with Gasteiger partial charge in [0.25, 0.3) is 0 Å². The van der Waals surface area contributed by atoms with Gasteiger partial charge in [0.1, 0.15) is 0 Å². The second kappa shape index (κ2) is 4.88. The minimum atomic E-state index is 0.232. The molecule has 0 unspecified atom stereocenters. The maximum Gasteiger partial charge on any atom is 0.0497 e. The van der Waals surface area contributed by atoms with Gasteiger partial charge in [-0.25, -0.2) is 0 Å². The van der Waals surface area contributed by atoms with Crippen molar-refractivity contribution in [3.8, 4) is 0 Å². The fourth-order valence-corrected chi connectivity index (χ4v) is 4.80. The molecule has 0 saturated heterocycles. The number of hydrogen-bond acceptors (Lipinski definition) is 0. The van der Waals surface area contributed by atoms with Gasteiger partial charge in [0.05, 0.1) is 0 Å². The van der Waals surface area contributed by atoms with Crippen molar-refractivity contribution in [1.82, 2.24) is 4.57 Å². The Bertz CT molecular complexity index is 937. The number of aromatic nitrogens is 1. The van der Waals surface area contributed by atoms with Crippen LogP contribution in [0, 0.1) is 0 Å². The molecule has 0 fully saturated rings. The summed E-state index contributed by atoms with van der Waals surface area (Å²) in [6, 6.07) is 14.2. The van der Waals surface area contributed by atoms with Gasteiger partial charge in [0, 0.05) is 27.8 Å². The van der Waals surface area contributed by atoms with Crippen LogP contribution in [0.25, 0.3) is 21.8 Å². The Morgan fingerprint density at radius 3 is 2.21 bits per heavy atom. The van der Waals surface area contributed by atoms with Gasteiger partial charge < -0.3 is 4.57 Å². The average molecular weight is 319 g/mol.